The highest BCUT2D eigenvalue weighted by atomic mass is 79.9. The van der Waals surface area contributed by atoms with E-state index >= 15 is 0 Å². The topological polar surface area (TPSA) is 70.5 Å². The van der Waals surface area contributed by atoms with Crippen LogP contribution in [-0.4, -0.2) is 32.6 Å². The average Bonchev–Trinajstić information content (AvgIpc) is 2.35. The van der Waals surface area contributed by atoms with Gasteiger partial charge in [0.15, 0.2) is 0 Å². The summed E-state index contributed by atoms with van der Waals surface area (Å²) in [5, 5.41) is 8.97. The molecule has 0 spiro atoms. The lowest BCUT2D eigenvalue weighted by molar-refractivity contribution is -0.135. The van der Waals surface area contributed by atoms with Crippen molar-refractivity contribution in [2.45, 2.75) is 17.5 Å². The fourth-order valence-corrected chi connectivity index (χ4v) is 2.28. The third-order valence-electron chi connectivity index (χ3n) is 2.88. The highest BCUT2D eigenvalue weighted by Crippen LogP contribution is 2.37. The predicted molar refractivity (Wildman–Crippen MR) is 69.7 cm³/mol. The number of anilines is 1. The van der Waals surface area contributed by atoms with Gasteiger partial charge in [-0.2, -0.15) is 0 Å². The van der Waals surface area contributed by atoms with E-state index in [2.05, 4.69) is 20.9 Å². The van der Waals surface area contributed by atoms with Gasteiger partial charge in [-0.25, -0.2) is 9.18 Å². The molecule has 1 aliphatic heterocycles. The van der Waals surface area contributed by atoms with Crippen LogP contribution in [0, 0.1) is 0 Å². The summed E-state index contributed by atoms with van der Waals surface area (Å²) in [4.78, 5) is 28.1. The maximum absolute atomic E-state index is 14.3. The number of hydrogen-bond acceptors (Lipinski definition) is 3. The molecule has 0 saturated carbocycles. The molecule has 100 valence electrons. The first-order chi connectivity index (χ1) is 8.84. The number of carboxylic acids is 1. The summed E-state index contributed by atoms with van der Waals surface area (Å²) in [6, 6.07) is 2.25. The molecular weight excluding hydrogens is 319 g/mol. The molecule has 1 N–H and O–H groups in total. The first-order valence-corrected chi connectivity index (χ1v) is 6.21. The van der Waals surface area contributed by atoms with Crippen molar-refractivity contribution < 1.29 is 19.1 Å². The van der Waals surface area contributed by atoms with Gasteiger partial charge in [-0.3, -0.25) is 14.7 Å². The van der Waals surface area contributed by atoms with Gasteiger partial charge in [0.1, 0.15) is 5.57 Å². The Morgan fingerprint density at radius 2 is 2.32 bits per heavy atom. The van der Waals surface area contributed by atoms with Crippen molar-refractivity contribution in [3.63, 3.8) is 0 Å². The number of nitrogens with zero attached hydrogens (tertiary/aromatic N) is 2. The lowest BCUT2D eigenvalue weighted by Crippen LogP contribution is -2.53. The van der Waals surface area contributed by atoms with E-state index in [4.69, 9.17) is 5.11 Å². The molecule has 19 heavy (non-hydrogen) atoms. The average molecular weight is 329 g/mol. The summed E-state index contributed by atoms with van der Waals surface area (Å²) in [5.41, 5.74) is -0.269. The minimum atomic E-state index is -2.11. The van der Waals surface area contributed by atoms with Crippen LogP contribution in [0.25, 0.3) is 0 Å². The molecule has 2 atom stereocenters. The van der Waals surface area contributed by atoms with Crippen LogP contribution >= 0.6 is 15.9 Å². The number of aromatic nitrogens is 1. The van der Waals surface area contributed by atoms with Gasteiger partial charge in [0, 0.05) is 6.20 Å². The lowest BCUT2D eigenvalue weighted by Gasteiger charge is -2.38. The zero-order valence-corrected chi connectivity index (χ0v) is 11.5. The molecule has 1 amide bonds. The number of amides is 1. The van der Waals surface area contributed by atoms with Gasteiger partial charge < -0.3 is 5.11 Å². The second kappa shape index (κ2) is 4.73. The molecule has 5 nitrogen and oxygen atoms in total. The third kappa shape index (κ3) is 2.37. The van der Waals surface area contributed by atoms with Gasteiger partial charge in [-0.15, -0.1) is 0 Å². The molecule has 0 fully saturated rings. The molecule has 1 aliphatic rings. The quantitative estimate of drug-likeness (QED) is 0.664. The number of pyridine rings is 1. The summed E-state index contributed by atoms with van der Waals surface area (Å²) < 4.78 is 12.2. The lowest BCUT2D eigenvalue weighted by atomic mass is 10.0. The van der Waals surface area contributed by atoms with E-state index in [0.717, 1.165) is 11.0 Å². The van der Waals surface area contributed by atoms with Gasteiger partial charge in [0.2, 0.25) is 4.58 Å². The molecule has 2 unspecified atom stereocenters. The van der Waals surface area contributed by atoms with E-state index in [0.29, 0.717) is 5.69 Å². The second-order valence-electron chi connectivity index (χ2n) is 4.10. The molecule has 7 heteroatoms. The molecule has 0 aromatic carbocycles. The number of alkyl halides is 2. The van der Waals surface area contributed by atoms with Crippen LogP contribution in [0.15, 0.2) is 36.2 Å². The van der Waals surface area contributed by atoms with Gasteiger partial charge in [-0.05, 0) is 41.1 Å². The second-order valence-corrected chi connectivity index (χ2v) is 5.32. The maximum Gasteiger partial charge on any atom is 0.341 e. The van der Waals surface area contributed by atoms with Crippen molar-refractivity contribution >= 4 is 33.5 Å². The Balaban J connectivity index is 2.54. The predicted octanol–water partition coefficient (Wildman–Crippen LogP) is 1.89. The summed E-state index contributed by atoms with van der Waals surface area (Å²) in [7, 11) is 0. The number of carbonyl (C=O) groups is 2. The normalized spacial score (nSPS) is 27.1. The third-order valence-corrected chi connectivity index (χ3v) is 3.78. The van der Waals surface area contributed by atoms with Crippen molar-refractivity contribution in [1.82, 2.24) is 4.98 Å². The Morgan fingerprint density at radius 1 is 1.63 bits per heavy atom. The van der Waals surface area contributed by atoms with Gasteiger partial charge >= 0.3 is 5.97 Å². The van der Waals surface area contributed by atoms with Crippen LogP contribution in [0.4, 0.5) is 10.1 Å². The molecule has 0 aliphatic carbocycles. The Morgan fingerprint density at radius 3 is 2.84 bits per heavy atom. The first kappa shape index (κ1) is 13.7. The van der Waals surface area contributed by atoms with Gasteiger partial charge in [0.25, 0.3) is 5.91 Å². The van der Waals surface area contributed by atoms with Crippen LogP contribution in [0.5, 0.6) is 0 Å². The van der Waals surface area contributed by atoms with Gasteiger partial charge in [-0.1, -0.05) is 0 Å². The van der Waals surface area contributed by atoms with E-state index < -0.39 is 28.1 Å². The molecule has 2 heterocycles. The van der Waals surface area contributed by atoms with Crippen LogP contribution in [0.1, 0.15) is 6.92 Å². The summed E-state index contributed by atoms with van der Waals surface area (Å²) in [5.74, 6) is -2.23. The molecule has 1 aromatic heterocycles. The van der Waals surface area contributed by atoms with Crippen molar-refractivity contribution in [2.24, 2.45) is 0 Å². The fraction of sp³-hybridized carbons (Fsp3) is 0.250. The van der Waals surface area contributed by atoms with Crippen LogP contribution in [0.2, 0.25) is 0 Å². The molecule has 0 radical (unpaired) electrons. The maximum atomic E-state index is 14.3. The summed E-state index contributed by atoms with van der Waals surface area (Å²) in [6.07, 6.45) is 3.67. The fourth-order valence-electron chi connectivity index (χ4n) is 1.84. The SMILES string of the molecule is CC1N(c2cccnc2)C(=O)C(C(=O)O)=CC1(F)Br. The van der Waals surface area contributed by atoms with Crippen molar-refractivity contribution in [3.8, 4) is 0 Å². The smallest absolute Gasteiger partial charge is 0.341 e. The van der Waals surface area contributed by atoms with E-state index in [9.17, 15) is 14.0 Å². The zero-order valence-electron chi connectivity index (χ0n) is 9.88. The number of carbonyl (C=O) groups excluding carboxylic acids is 1. The standard InChI is InChI=1S/C12H10BrFN2O3/c1-7-12(13,14)5-9(11(18)19)10(17)16(7)8-3-2-4-15-6-8/h2-7H,1H3,(H,18,19). The minimum absolute atomic E-state index is 0.341. The largest absolute Gasteiger partial charge is 0.478 e. The first-order valence-electron chi connectivity index (χ1n) is 5.42. The molecule has 0 bridgehead atoms. The molecule has 2 rings (SSSR count). The summed E-state index contributed by atoms with van der Waals surface area (Å²) in [6.45, 7) is 1.48. The van der Waals surface area contributed by atoms with E-state index in [1.165, 1.54) is 19.3 Å². The van der Waals surface area contributed by atoms with E-state index in [1.54, 1.807) is 12.1 Å². The number of aliphatic carboxylic acids is 1. The van der Waals surface area contributed by atoms with Crippen molar-refractivity contribution in [1.29, 1.82) is 0 Å². The van der Waals surface area contributed by atoms with E-state index in [-0.39, 0.29) is 0 Å². The number of rotatable bonds is 2. The molecule has 0 saturated heterocycles. The number of carboxylic acid groups (broad SMARTS) is 1. The van der Waals surface area contributed by atoms with Crippen molar-refractivity contribution in [3.05, 3.63) is 36.2 Å². The van der Waals surface area contributed by atoms with E-state index in [1.807, 2.05) is 0 Å². The monoisotopic (exact) mass is 328 g/mol. The Labute approximate surface area is 116 Å². The summed E-state index contributed by atoms with van der Waals surface area (Å²) >= 11 is 2.81. The van der Waals surface area contributed by atoms with Crippen LogP contribution in [0.3, 0.4) is 0 Å². The molecular formula is C12H10BrFN2O3. The Kier molecular flexibility index (Phi) is 3.40. The minimum Gasteiger partial charge on any atom is -0.478 e. The van der Waals surface area contributed by atoms with Crippen molar-refractivity contribution in [2.75, 3.05) is 4.90 Å². The van der Waals surface area contributed by atoms with Gasteiger partial charge in [0.05, 0.1) is 17.9 Å². The Hall–Kier alpha value is -1.76. The Bertz CT molecular complexity index is 559. The zero-order chi connectivity index (χ0) is 14.2. The number of halogens is 2. The highest BCUT2D eigenvalue weighted by molar-refractivity contribution is 9.10. The molecule has 1 aromatic rings. The highest BCUT2D eigenvalue weighted by Gasteiger charge is 2.46. The van der Waals surface area contributed by atoms with Crippen LogP contribution in [-0.2, 0) is 9.59 Å². The number of hydrogen-bond donors (Lipinski definition) is 1. The van der Waals surface area contributed by atoms with Crippen LogP contribution < -0.4 is 4.90 Å².